The Hall–Kier alpha value is -3.94. The van der Waals surface area contributed by atoms with Crippen molar-refractivity contribution >= 4 is 23.1 Å². The molecule has 0 saturated carbocycles. The molecule has 0 radical (unpaired) electrons. The summed E-state index contributed by atoms with van der Waals surface area (Å²) < 4.78 is 37.8. The summed E-state index contributed by atoms with van der Waals surface area (Å²) in [5.41, 5.74) is -0.167. The number of carbonyl (C=O) groups excluding carboxylic acids is 2. The fraction of sp³-hybridized carbons (Fsp3) is 0.0909. The van der Waals surface area contributed by atoms with Crippen molar-refractivity contribution < 1.29 is 32.6 Å². The van der Waals surface area contributed by atoms with Gasteiger partial charge in [0.1, 0.15) is 34.9 Å². The second-order valence-corrected chi connectivity index (χ2v) is 6.51. The number of rotatable bonds is 4. The van der Waals surface area contributed by atoms with Crippen molar-refractivity contribution in [1.82, 2.24) is 0 Å². The Kier molecular flexibility index (Phi) is 4.83. The van der Waals surface area contributed by atoms with Gasteiger partial charge in [0.15, 0.2) is 0 Å². The Balaban J connectivity index is 1.95. The summed E-state index contributed by atoms with van der Waals surface area (Å²) in [7, 11) is 1.32. The van der Waals surface area contributed by atoms with E-state index in [1.807, 2.05) is 0 Å². The molecule has 1 aromatic heterocycles. The summed E-state index contributed by atoms with van der Waals surface area (Å²) in [5, 5.41) is 11.0. The number of Topliss-reactive ketones (excluding diaryl/α,β-unsaturated/α-hetero) is 1. The summed E-state index contributed by atoms with van der Waals surface area (Å²) in [6, 6.07) is 10.3. The highest BCUT2D eigenvalue weighted by atomic mass is 19.1. The zero-order valence-corrected chi connectivity index (χ0v) is 15.6. The molecule has 30 heavy (non-hydrogen) atoms. The Morgan fingerprint density at radius 2 is 1.77 bits per heavy atom. The van der Waals surface area contributed by atoms with E-state index in [0.29, 0.717) is 0 Å². The second kappa shape index (κ2) is 7.47. The van der Waals surface area contributed by atoms with Crippen LogP contribution in [0.25, 0.3) is 5.76 Å². The highest BCUT2D eigenvalue weighted by Crippen LogP contribution is 2.43. The van der Waals surface area contributed by atoms with E-state index in [2.05, 4.69) is 0 Å². The summed E-state index contributed by atoms with van der Waals surface area (Å²) in [6.07, 6.45) is 1.35. The lowest BCUT2D eigenvalue weighted by molar-refractivity contribution is -0.132. The number of methoxy groups -OCH3 is 1. The van der Waals surface area contributed by atoms with Crippen molar-refractivity contribution in [2.24, 2.45) is 0 Å². The average molecular weight is 411 g/mol. The number of amides is 1. The van der Waals surface area contributed by atoms with Crippen LogP contribution in [0.3, 0.4) is 0 Å². The Bertz CT molecular complexity index is 1150. The monoisotopic (exact) mass is 411 g/mol. The molecule has 1 N–H and O–H groups in total. The first-order valence-corrected chi connectivity index (χ1v) is 8.86. The third-order valence-corrected chi connectivity index (χ3v) is 4.78. The molecule has 1 amide bonds. The van der Waals surface area contributed by atoms with Crippen LogP contribution in [-0.4, -0.2) is 23.9 Å². The van der Waals surface area contributed by atoms with Crippen molar-refractivity contribution in [3.63, 3.8) is 0 Å². The van der Waals surface area contributed by atoms with Gasteiger partial charge >= 0.3 is 0 Å². The minimum absolute atomic E-state index is 0.0915. The van der Waals surface area contributed by atoms with Crippen LogP contribution in [-0.2, 0) is 9.59 Å². The van der Waals surface area contributed by atoms with Gasteiger partial charge in [0.25, 0.3) is 11.7 Å². The number of halogens is 2. The number of hydrogen-bond acceptors (Lipinski definition) is 5. The SMILES string of the molecule is COc1ccc(F)cc1/C(O)=C1/C(=O)C(=O)N(c2ccc(F)cc2)C1c1ccco1. The number of hydrogen-bond donors (Lipinski definition) is 1. The van der Waals surface area contributed by atoms with Crippen LogP contribution >= 0.6 is 0 Å². The Morgan fingerprint density at radius 3 is 2.40 bits per heavy atom. The average Bonchev–Trinajstić information content (AvgIpc) is 3.35. The first kappa shape index (κ1) is 19.4. The maximum absolute atomic E-state index is 13.8. The van der Waals surface area contributed by atoms with Crippen LogP contribution in [0.5, 0.6) is 5.75 Å². The molecular formula is C22H15F2NO5. The number of anilines is 1. The maximum atomic E-state index is 13.8. The number of benzene rings is 2. The van der Waals surface area contributed by atoms with E-state index in [1.54, 1.807) is 6.07 Å². The van der Waals surface area contributed by atoms with Gasteiger partial charge in [0.05, 0.1) is 24.5 Å². The molecule has 1 aliphatic heterocycles. The Labute approximate surface area is 169 Å². The fourth-order valence-electron chi connectivity index (χ4n) is 3.43. The van der Waals surface area contributed by atoms with E-state index in [4.69, 9.17) is 9.15 Å². The number of aliphatic hydroxyl groups excluding tert-OH is 1. The summed E-state index contributed by atoms with van der Waals surface area (Å²) in [6.45, 7) is 0. The smallest absolute Gasteiger partial charge is 0.300 e. The zero-order chi connectivity index (χ0) is 21.4. The summed E-state index contributed by atoms with van der Waals surface area (Å²) in [5.74, 6) is -3.44. The zero-order valence-electron chi connectivity index (χ0n) is 15.6. The lowest BCUT2D eigenvalue weighted by Gasteiger charge is -2.23. The van der Waals surface area contributed by atoms with Crippen molar-refractivity contribution in [2.75, 3.05) is 12.0 Å². The van der Waals surface area contributed by atoms with E-state index >= 15 is 0 Å². The molecule has 0 aliphatic carbocycles. The number of aliphatic hydroxyl groups is 1. The summed E-state index contributed by atoms with van der Waals surface area (Å²) in [4.78, 5) is 26.9. The molecule has 1 saturated heterocycles. The molecule has 4 rings (SSSR count). The first-order valence-electron chi connectivity index (χ1n) is 8.86. The van der Waals surface area contributed by atoms with Crippen LogP contribution in [0.2, 0.25) is 0 Å². The molecule has 1 atom stereocenters. The van der Waals surface area contributed by atoms with Crippen LogP contribution in [0.15, 0.2) is 70.9 Å². The van der Waals surface area contributed by atoms with Gasteiger partial charge in [0.2, 0.25) is 0 Å². The molecule has 2 heterocycles. The standard InChI is InChI=1S/C22H15F2NO5/c1-29-16-9-6-13(24)11-15(16)20(26)18-19(17-3-2-10-30-17)25(22(28)21(18)27)14-7-4-12(23)5-8-14/h2-11,19,26H,1H3/b20-18-. The van der Waals surface area contributed by atoms with Gasteiger partial charge in [-0.3, -0.25) is 14.5 Å². The lowest BCUT2D eigenvalue weighted by atomic mass is 9.98. The van der Waals surface area contributed by atoms with E-state index in [0.717, 1.165) is 29.2 Å². The molecule has 6 nitrogen and oxygen atoms in total. The van der Waals surface area contributed by atoms with E-state index < -0.39 is 35.1 Å². The number of ether oxygens (including phenoxy) is 1. The fourth-order valence-corrected chi connectivity index (χ4v) is 3.43. The molecule has 0 spiro atoms. The molecule has 0 bridgehead atoms. The van der Waals surface area contributed by atoms with Crippen LogP contribution in [0, 0.1) is 11.6 Å². The highest BCUT2D eigenvalue weighted by molar-refractivity contribution is 6.51. The topological polar surface area (TPSA) is 80.0 Å². The minimum atomic E-state index is -1.14. The normalized spacial score (nSPS) is 18.1. The predicted octanol–water partition coefficient (Wildman–Crippen LogP) is 4.19. The second-order valence-electron chi connectivity index (χ2n) is 6.51. The van der Waals surface area contributed by atoms with Gasteiger partial charge in [-0.05, 0) is 54.6 Å². The van der Waals surface area contributed by atoms with Crippen LogP contribution in [0.4, 0.5) is 14.5 Å². The largest absolute Gasteiger partial charge is 0.507 e. The first-order chi connectivity index (χ1) is 14.4. The molecular weight excluding hydrogens is 396 g/mol. The molecule has 152 valence electrons. The van der Waals surface area contributed by atoms with Gasteiger partial charge in [-0.2, -0.15) is 0 Å². The minimum Gasteiger partial charge on any atom is -0.507 e. The van der Waals surface area contributed by atoms with E-state index in [-0.39, 0.29) is 28.3 Å². The molecule has 3 aromatic rings. The van der Waals surface area contributed by atoms with Gasteiger partial charge in [-0.1, -0.05) is 0 Å². The van der Waals surface area contributed by atoms with Gasteiger partial charge in [-0.15, -0.1) is 0 Å². The van der Waals surface area contributed by atoms with Gasteiger partial charge in [0, 0.05) is 5.69 Å². The highest BCUT2D eigenvalue weighted by Gasteiger charge is 2.48. The molecule has 1 fully saturated rings. The maximum Gasteiger partial charge on any atom is 0.300 e. The number of nitrogens with zero attached hydrogens (tertiary/aromatic N) is 1. The van der Waals surface area contributed by atoms with Gasteiger partial charge in [-0.25, -0.2) is 8.78 Å². The van der Waals surface area contributed by atoms with Gasteiger partial charge < -0.3 is 14.3 Å². The predicted molar refractivity (Wildman–Crippen MR) is 103 cm³/mol. The van der Waals surface area contributed by atoms with Crippen LogP contribution in [0.1, 0.15) is 17.4 Å². The van der Waals surface area contributed by atoms with Crippen LogP contribution < -0.4 is 9.64 Å². The summed E-state index contributed by atoms with van der Waals surface area (Å²) >= 11 is 0. The van der Waals surface area contributed by atoms with Crippen molar-refractivity contribution in [3.05, 3.63) is 89.4 Å². The number of ketones is 1. The third-order valence-electron chi connectivity index (χ3n) is 4.78. The molecule has 8 heteroatoms. The number of carbonyl (C=O) groups is 2. The van der Waals surface area contributed by atoms with E-state index in [1.165, 1.54) is 37.6 Å². The lowest BCUT2D eigenvalue weighted by Crippen LogP contribution is -2.29. The molecule has 1 unspecified atom stereocenters. The van der Waals surface area contributed by atoms with E-state index in [9.17, 15) is 23.5 Å². The third kappa shape index (κ3) is 3.12. The molecule has 1 aliphatic rings. The number of furan rings is 1. The van der Waals surface area contributed by atoms with Crippen molar-refractivity contribution in [1.29, 1.82) is 0 Å². The Morgan fingerprint density at radius 1 is 1.07 bits per heavy atom. The quantitative estimate of drug-likeness (QED) is 0.396. The van der Waals surface area contributed by atoms with Crippen molar-refractivity contribution in [2.45, 2.75) is 6.04 Å². The van der Waals surface area contributed by atoms with Crippen molar-refractivity contribution in [3.8, 4) is 5.75 Å². The molecule has 2 aromatic carbocycles.